The number of carboxylic acid groups (broad SMARTS) is 1. The molecule has 0 aliphatic rings. The van der Waals surface area contributed by atoms with Crippen LogP contribution in [0.4, 0.5) is 11.4 Å². The number of carbonyl (C=O) groups is 1. The Morgan fingerprint density at radius 2 is 2.21 bits per heavy atom. The summed E-state index contributed by atoms with van der Waals surface area (Å²) in [5, 5.41) is 22.9. The maximum atomic E-state index is 11.0. The Balaban J connectivity index is 2.99. The highest BCUT2D eigenvalue weighted by Gasteiger charge is 2.19. The van der Waals surface area contributed by atoms with Gasteiger partial charge in [0.1, 0.15) is 5.69 Å². The number of nitrogens with one attached hydrogen (secondary N) is 1. The third-order valence-corrected chi connectivity index (χ3v) is 2.75. The van der Waals surface area contributed by atoms with Crippen LogP contribution in [0.1, 0.15) is 16.8 Å². The van der Waals surface area contributed by atoms with Crippen LogP contribution in [-0.4, -0.2) is 43.2 Å². The molecule has 1 rings (SSSR count). The number of nitro benzene ring substituents is 1. The molecule has 0 saturated heterocycles. The van der Waals surface area contributed by atoms with Crippen molar-refractivity contribution in [2.45, 2.75) is 6.42 Å². The molecule has 0 atom stereocenters. The van der Waals surface area contributed by atoms with E-state index in [9.17, 15) is 14.9 Å². The van der Waals surface area contributed by atoms with Crippen LogP contribution >= 0.6 is 0 Å². The van der Waals surface area contributed by atoms with Gasteiger partial charge in [0.2, 0.25) is 0 Å². The second kappa shape index (κ2) is 6.69. The highest BCUT2D eigenvalue weighted by Crippen LogP contribution is 2.28. The average molecular weight is 267 g/mol. The molecule has 0 saturated carbocycles. The number of benzene rings is 1. The lowest BCUT2D eigenvalue weighted by Gasteiger charge is -2.19. The summed E-state index contributed by atoms with van der Waals surface area (Å²) in [7, 11) is 3.59. The highest BCUT2D eigenvalue weighted by atomic mass is 16.6. The van der Waals surface area contributed by atoms with Gasteiger partial charge in [-0.1, -0.05) is 0 Å². The van der Waals surface area contributed by atoms with Gasteiger partial charge in [-0.2, -0.15) is 0 Å². The standard InChI is InChI=1S/C12H17N3O4/c1-13-6-3-7-14(2)10-5-4-9(12(16)17)8-11(10)15(18)19/h4-5,8,13H,3,6-7H2,1-2H3,(H,16,17). The molecule has 7 heteroatoms. The van der Waals surface area contributed by atoms with Crippen LogP contribution in [0.15, 0.2) is 18.2 Å². The van der Waals surface area contributed by atoms with E-state index in [0.29, 0.717) is 12.2 Å². The van der Waals surface area contributed by atoms with Crippen LogP contribution < -0.4 is 10.2 Å². The van der Waals surface area contributed by atoms with Gasteiger partial charge in [0, 0.05) is 19.7 Å². The van der Waals surface area contributed by atoms with Gasteiger partial charge < -0.3 is 15.3 Å². The van der Waals surface area contributed by atoms with Crippen molar-refractivity contribution < 1.29 is 14.8 Å². The van der Waals surface area contributed by atoms with E-state index in [1.54, 1.807) is 11.9 Å². The lowest BCUT2D eigenvalue weighted by atomic mass is 10.1. The molecule has 0 aromatic heterocycles. The van der Waals surface area contributed by atoms with Gasteiger partial charge in [0.15, 0.2) is 0 Å². The normalized spacial score (nSPS) is 10.2. The molecule has 1 aromatic carbocycles. The first-order valence-corrected chi connectivity index (χ1v) is 5.85. The number of rotatable bonds is 7. The van der Waals surface area contributed by atoms with E-state index in [0.717, 1.165) is 19.0 Å². The Hall–Kier alpha value is -2.15. The lowest BCUT2D eigenvalue weighted by molar-refractivity contribution is -0.384. The van der Waals surface area contributed by atoms with Gasteiger partial charge in [-0.15, -0.1) is 0 Å². The van der Waals surface area contributed by atoms with Crippen molar-refractivity contribution >= 4 is 17.3 Å². The van der Waals surface area contributed by atoms with E-state index in [1.165, 1.54) is 12.1 Å². The molecule has 0 unspecified atom stereocenters. The molecule has 19 heavy (non-hydrogen) atoms. The molecule has 0 spiro atoms. The second-order valence-corrected chi connectivity index (χ2v) is 4.14. The van der Waals surface area contributed by atoms with Crippen molar-refractivity contribution in [3.63, 3.8) is 0 Å². The van der Waals surface area contributed by atoms with Crippen LogP contribution in [0.2, 0.25) is 0 Å². The molecule has 1 aromatic rings. The van der Waals surface area contributed by atoms with Gasteiger partial charge in [-0.25, -0.2) is 4.79 Å². The molecule has 0 aliphatic carbocycles. The molecule has 0 fully saturated rings. The zero-order valence-corrected chi connectivity index (χ0v) is 10.9. The van der Waals surface area contributed by atoms with E-state index >= 15 is 0 Å². The fourth-order valence-electron chi connectivity index (χ4n) is 1.74. The molecule has 0 bridgehead atoms. The summed E-state index contributed by atoms with van der Waals surface area (Å²) in [6.45, 7) is 1.46. The molecular formula is C12H17N3O4. The summed E-state index contributed by atoms with van der Waals surface area (Å²) in [4.78, 5) is 23.0. The minimum atomic E-state index is -1.17. The summed E-state index contributed by atoms with van der Waals surface area (Å²) in [5.41, 5.74) is 0.150. The van der Waals surface area contributed by atoms with Crippen LogP contribution in [0.3, 0.4) is 0 Å². The summed E-state index contributed by atoms with van der Waals surface area (Å²) in [6.07, 6.45) is 0.838. The minimum Gasteiger partial charge on any atom is -0.478 e. The molecule has 0 aliphatic heterocycles. The van der Waals surface area contributed by atoms with E-state index in [2.05, 4.69) is 5.32 Å². The van der Waals surface area contributed by atoms with Crippen LogP contribution in [-0.2, 0) is 0 Å². The molecule has 0 amide bonds. The van der Waals surface area contributed by atoms with Crippen LogP contribution in [0, 0.1) is 10.1 Å². The summed E-state index contributed by atoms with van der Waals surface area (Å²) in [5.74, 6) is -1.17. The molecule has 104 valence electrons. The molecule has 0 heterocycles. The Morgan fingerprint density at radius 3 is 2.74 bits per heavy atom. The molecule has 0 radical (unpaired) electrons. The Kier molecular flexibility index (Phi) is 5.25. The second-order valence-electron chi connectivity index (χ2n) is 4.14. The number of anilines is 1. The smallest absolute Gasteiger partial charge is 0.335 e. The minimum absolute atomic E-state index is 0.0842. The number of hydrogen-bond acceptors (Lipinski definition) is 5. The number of carboxylic acids is 1. The largest absolute Gasteiger partial charge is 0.478 e. The van der Waals surface area contributed by atoms with E-state index in [-0.39, 0.29) is 11.3 Å². The number of nitro groups is 1. The molecule has 7 nitrogen and oxygen atoms in total. The predicted molar refractivity (Wildman–Crippen MR) is 71.9 cm³/mol. The van der Waals surface area contributed by atoms with Crippen molar-refractivity contribution in [3.8, 4) is 0 Å². The number of aromatic carboxylic acids is 1. The highest BCUT2D eigenvalue weighted by molar-refractivity contribution is 5.89. The predicted octanol–water partition coefficient (Wildman–Crippen LogP) is 1.34. The Morgan fingerprint density at radius 1 is 1.53 bits per heavy atom. The van der Waals surface area contributed by atoms with Crippen molar-refractivity contribution in [2.75, 3.05) is 32.1 Å². The quantitative estimate of drug-likeness (QED) is 0.439. The third-order valence-electron chi connectivity index (χ3n) is 2.75. The average Bonchev–Trinajstić information content (AvgIpc) is 2.38. The van der Waals surface area contributed by atoms with Crippen LogP contribution in [0.5, 0.6) is 0 Å². The van der Waals surface area contributed by atoms with E-state index in [1.807, 2.05) is 7.05 Å². The first-order valence-electron chi connectivity index (χ1n) is 5.85. The summed E-state index contributed by atoms with van der Waals surface area (Å²) in [6, 6.07) is 3.94. The van der Waals surface area contributed by atoms with Gasteiger partial charge in [0.25, 0.3) is 5.69 Å². The zero-order chi connectivity index (χ0) is 14.4. The van der Waals surface area contributed by atoms with E-state index in [4.69, 9.17) is 5.11 Å². The fraction of sp³-hybridized carbons (Fsp3) is 0.417. The topological polar surface area (TPSA) is 95.7 Å². The monoisotopic (exact) mass is 267 g/mol. The summed E-state index contributed by atoms with van der Waals surface area (Å²) < 4.78 is 0. The van der Waals surface area contributed by atoms with Gasteiger partial charge in [-0.05, 0) is 32.1 Å². The SMILES string of the molecule is CNCCCN(C)c1ccc(C(=O)O)cc1[N+](=O)[O-]. The maximum Gasteiger partial charge on any atom is 0.335 e. The van der Waals surface area contributed by atoms with Gasteiger partial charge >= 0.3 is 5.97 Å². The van der Waals surface area contributed by atoms with Crippen LogP contribution in [0.25, 0.3) is 0 Å². The van der Waals surface area contributed by atoms with Crippen molar-refractivity contribution in [1.82, 2.24) is 5.32 Å². The lowest BCUT2D eigenvalue weighted by Crippen LogP contribution is -2.23. The van der Waals surface area contributed by atoms with Crippen molar-refractivity contribution in [2.24, 2.45) is 0 Å². The zero-order valence-electron chi connectivity index (χ0n) is 10.9. The van der Waals surface area contributed by atoms with Crippen molar-refractivity contribution in [1.29, 1.82) is 0 Å². The maximum absolute atomic E-state index is 11.0. The van der Waals surface area contributed by atoms with Crippen molar-refractivity contribution in [3.05, 3.63) is 33.9 Å². The third kappa shape index (κ3) is 3.92. The first kappa shape index (κ1) is 14.9. The summed E-state index contributed by atoms with van der Waals surface area (Å²) >= 11 is 0. The number of nitrogens with zero attached hydrogens (tertiary/aromatic N) is 2. The fourth-order valence-corrected chi connectivity index (χ4v) is 1.74. The van der Waals surface area contributed by atoms with Gasteiger partial charge in [0.05, 0.1) is 10.5 Å². The molecule has 2 N–H and O–H groups in total. The Bertz CT molecular complexity index is 476. The Labute approximate surface area is 111 Å². The first-order chi connectivity index (χ1) is 8.97. The molecular weight excluding hydrogens is 250 g/mol. The van der Waals surface area contributed by atoms with E-state index < -0.39 is 10.9 Å². The van der Waals surface area contributed by atoms with Gasteiger partial charge in [-0.3, -0.25) is 10.1 Å². The number of hydrogen-bond donors (Lipinski definition) is 2.